The van der Waals surface area contributed by atoms with Gasteiger partial charge in [-0.25, -0.2) is 4.98 Å². The summed E-state index contributed by atoms with van der Waals surface area (Å²) >= 11 is 0. The SMILES string of the molecule is O=c1[nH]c(CC2CC2)nc2c1CCN(Cc1cc(O)cc(O)c1)C2. The third-order valence-electron chi connectivity index (χ3n) is 4.75. The van der Waals surface area contributed by atoms with Crippen molar-refractivity contribution in [3.05, 3.63) is 51.2 Å². The Bertz CT molecular complexity index is 806. The normalized spacial score (nSPS) is 17.7. The van der Waals surface area contributed by atoms with E-state index in [1.807, 2.05) is 0 Å². The van der Waals surface area contributed by atoms with Crippen LogP contribution in [0.15, 0.2) is 23.0 Å². The third-order valence-corrected chi connectivity index (χ3v) is 4.75. The fourth-order valence-corrected chi connectivity index (χ4v) is 3.38. The molecular formula is C18H21N3O3. The lowest BCUT2D eigenvalue weighted by molar-refractivity contribution is 0.239. The van der Waals surface area contributed by atoms with Crippen molar-refractivity contribution in [1.29, 1.82) is 0 Å². The van der Waals surface area contributed by atoms with Gasteiger partial charge in [-0.05, 0) is 42.9 Å². The van der Waals surface area contributed by atoms with Crippen LogP contribution in [-0.4, -0.2) is 31.6 Å². The minimum absolute atomic E-state index is 0.00491. The molecule has 24 heavy (non-hydrogen) atoms. The number of aromatic nitrogens is 2. The first kappa shape index (κ1) is 15.2. The molecule has 1 aromatic carbocycles. The molecule has 0 spiro atoms. The average Bonchev–Trinajstić information content (AvgIpc) is 3.29. The molecule has 1 fully saturated rings. The third kappa shape index (κ3) is 3.28. The Hall–Kier alpha value is -2.34. The summed E-state index contributed by atoms with van der Waals surface area (Å²) in [6, 6.07) is 4.62. The predicted octanol–water partition coefficient (Wildman–Crippen LogP) is 1.69. The number of fused-ring (bicyclic) bond motifs is 1. The van der Waals surface area contributed by atoms with Gasteiger partial charge < -0.3 is 15.2 Å². The van der Waals surface area contributed by atoms with Crippen molar-refractivity contribution in [3.8, 4) is 11.5 Å². The van der Waals surface area contributed by atoms with Gasteiger partial charge in [-0.1, -0.05) is 0 Å². The number of nitrogens with zero attached hydrogens (tertiary/aromatic N) is 2. The number of benzene rings is 1. The molecule has 2 aliphatic rings. The second-order valence-electron chi connectivity index (χ2n) is 6.90. The molecule has 4 rings (SSSR count). The zero-order valence-corrected chi connectivity index (χ0v) is 13.5. The van der Waals surface area contributed by atoms with Crippen molar-refractivity contribution in [1.82, 2.24) is 14.9 Å². The zero-order valence-electron chi connectivity index (χ0n) is 13.5. The highest BCUT2D eigenvalue weighted by molar-refractivity contribution is 5.36. The molecule has 0 saturated heterocycles. The van der Waals surface area contributed by atoms with E-state index in [1.54, 1.807) is 12.1 Å². The van der Waals surface area contributed by atoms with Crippen LogP contribution in [0.25, 0.3) is 0 Å². The largest absolute Gasteiger partial charge is 0.508 e. The lowest BCUT2D eigenvalue weighted by Crippen LogP contribution is -2.35. The van der Waals surface area contributed by atoms with E-state index in [9.17, 15) is 15.0 Å². The van der Waals surface area contributed by atoms with Crippen LogP contribution in [0.1, 0.15) is 35.5 Å². The van der Waals surface area contributed by atoms with Crippen LogP contribution in [0.3, 0.4) is 0 Å². The maximum atomic E-state index is 12.3. The van der Waals surface area contributed by atoms with Crippen molar-refractivity contribution in [2.75, 3.05) is 6.54 Å². The summed E-state index contributed by atoms with van der Waals surface area (Å²) < 4.78 is 0. The second kappa shape index (κ2) is 5.94. The smallest absolute Gasteiger partial charge is 0.254 e. The summed E-state index contributed by atoms with van der Waals surface area (Å²) in [4.78, 5) is 22.1. The molecule has 6 heteroatoms. The summed E-state index contributed by atoms with van der Waals surface area (Å²) in [5, 5.41) is 19.2. The van der Waals surface area contributed by atoms with Crippen LogP contribution in [0.2, 0.25) is 0 Å². The Balaban J connectivity index is 1.53. The molecular weight excluding hydrogens is 306 g/mol. The Morgan fingerprint density at radius 2 is 1.96 bits per heavy atom. The van der Waals surface area contributed by atoms with Gasteiger partial charge in [-0.2, -0.15) is 0 Å². The summed E-state index contributed by atoms with van der Waals surface area (Å²) in [6.07, 6.45) is 4.00. The molecule has 2 aromatic rings. The second-order valence-corrected chi connectivity index (χ2v) is 6.90. The highest BCUT2D eigenvalue weighted by atomic mass is 16.3. The highest BCUT2D eigenvalue weighted by Gasteiger charge is 2.25. The summed E-state index contributed by atoms with van der Waals surface area (Å²) in [5.74, 6) is 1.60. The van der Waals surface area contributed by atoms with Crippen molar-refractivity contribution in [3.63, 3.8) is 0 Å². The monoisotopic (exact) mass is 327 g/mol. The van der Waals surface area contributed by atoms with Crippen LogP contribution in [0.5, 0.6) is 11.5 Å². The Morgan fingerprint density at radius 3 is 2.67 bits per heavy atom. The summed E-state index contributed by atoms with van der Waals surface area (Å²) in [5.41, 5.74) is 2.51. The van der Waals surface area contributed by atoms with Gasteiger partial charge in [0, 0.05) is 37.7 Å². The fraction of sp³-hybridized carbons (Fsp3) is 0.444. The molecule has 0 bridgehead atoms. The molecule has 1 aliphatic heterocycles. The molecule has 0 radical (unpaired) electrons. The topological polar surface area (TPSA) is 89.5 Å². The molecule has 6 nitrogen and oxygen atoms in total. The standard InChI is InChI=1S/C18H21N3O3/c22-13-5-12(6-14(23)8-13)9-21-4-3-15-16(10-21)19-17(20-18(15)24)7-11-1-2-11/h5-6,8,11,22-23H,1-4,7,9-10H2,(H,19,20,24). The van der Waals surface area contributed by atoms with Gasteiger partial charge in [-0.3, -0.25) is 9.69 Å². The molecule has 0 atom stereocenters. The molecule has 1 saturated carbocycles. The first-order chi connectivity index (χ1) is 11.6. The number of phenolic OH excluding ortho intramolecular Hbond substituents is 2. The van der Waals surface area contributed by atoms with Gasteiger partial charge in [-0.15, -0.1) is 0 Å². The van der Waals surface area contributed by atoms with E-state index in [0.717, 1.165) is 35.6 Å². The number of aromatic amines is 1. The minimum Gasteiger partial charge on any atom is -0.508 e. The van der Waals surface area contributed by atoms with Gasteiger partial charge in [0.25, 0.3) is 5.56 Å². The van der Waals surface area contributed by atoms with E-state index in [1.165, 1.54) is 18.9 Å². The van der Waals surface area contributed by atoms with Crippen molar-refractivity contribution < 1.29 is 10.2 Å². The summed E-state index contributed by atoms with van der Waals surface area (Å²) in [6.45, 7) is 1.98. The first-order valence-electron chi connectivity index (χ1n) is 8.42. The van der Waals surface area contributed by atoms with Gasteiger partial charge in [0.15, 0.2) is 0 Å². The molecule has 0 unspecified atom stereocenters. The molecule has 3 N–H and O–H groups in total. The maximum Gasteiger partial charge on any atom is 0.254 e. The first-order valence-corrected chi connectivity index (χ1v) is 8.42. The minimum atomic E-state index is 0.00491. The van der Waals surface area contributed by atoms with E-state index in [2.05, 4.69) is 14.9 Å². The van der Waals surface area contributed by atoms with Crippen LogP contribution in [0.4, 0.5) is 0 Å². The van der Waals surface area contributed by atoms with Gasteiger partial charge in [0.2, 0.25) is 0 Å². The van der Waals surface area contributed by atoms with Crippen molar-refractivity contribution in [2.45, 2.75) is 38.8 Å². The van der Waals surface area contributed by atoms with Crippen LogP contribution < -0.4 is 5.56 Å². The van der Waals surface area contributed by atoms with Gasteiger partial charge >= 0.3 is 0 Å². The lowest BCUT2D eigenvalue weighted by Gasteiger charge is -2.27. The number of hydrogen-bond donors (Lipinski definition) is 3. The molecule has 1 aromatic heterocycles. The molecule has 126 valence electrons. The highest BCUT2D eigenvalue weighted by Crippen LogP contribution is 2.31. The van der Waals surface area contributed by atoms with Crippen LogP contribution in [0, 0.1) is 5.92 Å². The number of hydrogen-bond acceptors (Lipinski definition) is 5. The van der Waals surface area contributed by atoms with E-state index in [-0.39, 0.29) is 17.1 Å². The maximum absolute atomic E-state index is 12.3. The number of rotatable bonds is 4. The Labute approximate surface area is 139 Å². The van der Waals surface area contributed by atoms with E-state index >= 15 is 0 Å². The zero-order chi connectivity index (χ0) is 16.7. The van der Waals surface area contributed by atoms with Gasteiger partial charge in [0.05, 0.1) is 5.69 Å². The summed E-state index contributed by atoms with van der Waals surface area (Å²) in [7, 11) is 0. The molecule has 2 heterocycles. The van der Waals surface area contributed by atoms with Gasteiger partial charge in [0.1, 0.15) is 17.3 Å². The van der Waals surface area contributed by atoms with E-state index < -0.39 is 0 Å². The molecule has 0 amide bonds. The predicted molar refractivity (Wildman–Crippen MR) is 88.9 cm³/mol. The number of aromatic hydroxyl groups is 2. The number of nitrogens with one attached hydrogen (secondary N) is 1. The lowest BCUT2D eigenvalue weighted by atomic mass is 10.0. The quantitative estimate of drug-likeness (QED) is 0.795. The number of H-pyrrole nitrogens is 1. The van der Waals surface area contributed by atoms with E-state index in [0.29, 0.717) is 25.4 Å². The van der Waals surface area contributed by atoms with Crippen LogP contribution in [-0.2, 0) is 25.9 Å². The average molecular weight is 327 g/mol. The van der Waals surface area contributed by atoms with E-state index in [4.69, 9.17) is 0 Å². The Kier molecular flexibility index (Phi) is 3.76. The molecule has 1 aliphatic carbocycles. The Morgan fingerprint density at radius 1 is 1.21 bits per heavy atom. The fourth-order valence-electron chi connectivity index (χ4n) is 3.38. The van der Waals surface area contributed by atoms with Crippen LogP contribution >= 0.6 is 0 Å². The van der Waals surface area contributed by atoms with Crippen molar-refractivity contribution >= 4 is 0 Å². The number of phenols is 2. The van der Waals surface area contributed by atoms with Crippen molar-refractivity contribution in [2.24, 2.45) is 5.92 Å².